The summed E-state index contributed by atoms with van der Waals surface area (Å²) in [6.07, 6.45) is 5.72. The first-order chi connectivity index (χ1) is 13.9. The number of hydrogen-bond acceptors (Lipinski definition) is 3. The molecule has 1 aliphatic carbocycles. The van der Waals surface area contributed by atoms with Gasteiger partial charge in [0.05, 0.1) is 11.3 Å². The number of carbonyl (C=O) groups is 1. The summed E-state index contributed by atoms with van der Waals surface area (Å²) in [5.41, 5.74) is 5.54. The predicted octanol–water partition coefficient (Wildman–Crippen LogP) is 5.93. The van der Waals surface area contributed by atoms with E-state index < -0.39 is 5.97 Å². The molecule has 0 saturated carbocycles. The van der Waals surface area contributed by atoms with E-state index in [9.17, 15) is 14.3 Å². The normalized spacial score (nSPS) is 13.8. The molecule has 1 N–H and O–H groups in total. The van der Waals surface area contributed by atoms with Gasteiger partial charge in [-0.05, 0) is 81.8 Å². The number of benzene rings is 1. The lowest BCUT2D eigenvalue weighted by atomic mass is 9.95. The summed E-state index contributed by atoms with van der Waals surface area (Å²) in [5, 5.41) is 10.7. The van der Waals surface area contributed by atoms with Crippen LogP contribution in [0.2, 0.25) is 0 Å². The van der Waals surface area contributed by atoms with E-state index in [4.69, 9.17) is 0 Å². The maximum atomic E-state index is 13.5. The molecular formula is C23H23FN2O2S. The zero-order valence-corrected chi connectivity index (χ0v) is 17.6. The summed E-state index contributed by atoms with van der Waals surface area (Å²) < 4.78 is 15.5. The van der Waals surface area contributed by atoms with E-state index in [0.29, 0.717) is 16.8 Å². The first-order valence-corrected chi connectivity index (χ1v) is 10.6. The maximum Gasteiger partial charge on any atom is 0.339 e. The molecule has 0 aliphatic heterocycles. The Bertz CT molecular complexity index is 1140. The molecule has 4 rings (SSSR count). The summed E-state index contributed by atoms with van der Waals surface area (Å²) >= 11 is 1.60. The van der Waals surface area contributed by atoms with Crippen LogP contribution in [0.4, 0.5) is 10.1 Å². The van der Waals surface area contributed by atoms with Crippen LogP contribution in [-0.4, -0.2) is 21.9 Å². The van der Waals surface area contributed by atoms with Gasteiger partial charge in [-0.1, -0.05) is 0 Å². The fraction of sp³-hybridized carbons (Fsp3) is 0.304. The van der Waals surface area contributed by atoms with E-state index in [2.05, 4.69) is 4.99 Å². The van der Waals surface area contributed by atoms with Crippen LogP contribution in [0.25, 0.3) is 5.00 Å². The highest BCUT2D eigenvalue weighted by atomic mass is 32.1. The number of aromatic carboxylic acids is 1. The second-order valence-electron chi connectivity index (χ2n) is 7.55. The van der Waals surface area contributed by atoms with Crippen molar-refractivity contribution < 1.29 is 14.3 Å². The number of hydrogen-bond donors (Lipinski definition) is 1. The summed E-state index contributed by atoms with van der Waals surface area (Å²) in [6.45, 7) is 5.68. The number of aromatic nitrogens is 1. The van der Waals surface area contributed by atoms with Gasteiger partial charge in [-0.15, -0.1) is 11.3 Å². The Morgan fingerprint density at radius 3 is 2.69 bits per heavy atom. The average Bonchev–Trinajstić information content (AvgIpc) is 3.19. The molecule has 0 unspecified atom stereocenters. The minimum atomic E-state index is -0.857. The number of carboxylic acids is 1. The van der Waals surface area contributed by atoms with Crippen molar-refractivity contribution >= 4 is 29.2 Å². The quantitative estimate of drug-likeness (QED) is 0.542. The van der Waals surface area contributed by atoms with Gasteiger partial charge in [0.2, 0.25) is 0 Å². The Hall–Kier alpha value is -2.73. The van der Waals surface area contributed by atoms with E-state index in [1.165, 1.54) is 10.9 Å². The molecule has 0 fully saturated rings. The molecule has 0 spiro atoms. The number of carboxylic acid groups (broad SMARTS) is 1. The summed E-state index contributed by atoms with van der Waals surface area (Å²) in [6, 6.07) is 6.79. The van der Waals surface area contributed by atoms with Gasteiger partial charge >= 0.3 is 5.97 Å². The molecule has 0 radical (unpaired) electrons. The van der Waals surface area contributed by atoms with E-state index in [1.54, 1.807) is 36.6 Å². The summed E-state index contributed by atoms with van der Waals surface area (Å²) in [5.74, 6) is -1.10. The fourth-order valence-electron chi connectivity index (χ4n) is 4.01. The molecule has 29 heavy (non-hydrogen) atoms. The molecule has 0 saturated heterocycles. The standard InChI is InChI=1S/C23H23FN2O2S/c1-13-10-17(8-9-19(13)24)25-12-16-11-14(2)26(15(16)3)22-21(23(27)28)18-6-4-5-7-20(18)29-22/h8-12H,4-7H2,1-3H3,(H,27,28). The summed E-state index contributed by atoms with van der Waals surface area (Å²) in [7, 11) is 0. The Morgan fingerprint density at radius 1 is 1.21 bits per heavy atom. The highest BCUT2D eigenvalue weighted by Gasteiger charge is 2.27. The number of rotatable bonds is 4. The number of aryl methyl sites for hydroxylation is 3. The molecule has 1 aromatic carbocycles. The number of halogens is 1. The van der Waals surface area contributed by atoms with Crippen molar-refractivity contribution in [2.45, 2.75) is 46.5 Å². The molecule has 0 atom stereocenters. The van der Waals surface area contributed by atoms with Crippen molar-refractivity contribution in [2.75, 3.05) is 0 Å². The molecule has 4 nitrogen and oxygen atoms in total. The SMILES string of the molecule is Cc1cc(N=Cc2cc(C)n(-c3sc4c(c3C(=O)O)CCCC4)c2C)ccc1F. The molecule has 1 aliphatic rings. The van der Waals surface area contributed by atoms with Gasteiger partial charge in [0, 0.05) is 28.0 Å². The Morgan fingerprint density at radius 2 is 1.97 bits per heavy atom. The molecule has 150 valence electrons. The molecular weight excluding hydrogens is 387 g/mol. The Labute approximate surface area is 173 Å². The van der Waals surface area contributed by atoms with Crippen LogP contribution in [0.15, 0.2) is 29.3 Å². The van der Waals surface area contributed by atoms with Crippen LogP contribution in [-0.2, 0) is 12.8 Å². The molecule has 0 bridgehead atoms. The average molecular weight is 411 g/mol. The van der Waals surface area contributed by atoms with Gasteiger partial charge in [0.1, 0.15) is 10.8 Å². The van der Waals surface area contributed by atoms with E-state index >= 15 is 0 Å². The topological polar surface area (TPSA) is 54.6 Å². The first kappa shape index (κ1) is 19.6. The predicted molar refractivity (Wildman–Crippen MR) is 115 cm³/mol. The molecule has 2 heterocycles. The van der Waals surface area contributed by atoms with Crippen LogP contribution in [0.3, 0.4) is 0 Å². The van der Waals surface area contributed by atoms with Crippen LogP contribution in [0.1, 0.15) is 56.2 Å². The van der Waals surface area contributed by atoms with E-state index in [-0.39, 0.29) is 5.82 Å². The van der Waals surface area contributed by atoms with Crippen LogP contribution in [0, 0.1) is 26.6 Å². The Kier molecular flexibility index (Phi) is 5.13. The molecule has 2 aromatic heterocycles. The van der Waals surface area contributed by atoms with Crippen LogP contribution < -0.4 is 0 Å². The number of thiophene rings is 1. The first-order valence-electron chi connectivity index (χ1n) is 9.74. The summed E-state index contributed by atoms with van der Waals surface area (Å²) in [4.78, 5) is 17.8. The van der Waals surface area contributed by atoms with Crippen LogP contribution >= 0.6 is 11.3 Å². The minimum absolute atomic E-state index is 0.245. The highest BCUT2D eigenvalue weighted by molar-refractivity contribution is 7.15. The van der Waals surface area contributed by atoms with E-state index in [1.807, 2.05) is 24.5 Å². The van der Waals surface area contributed by atoms with Crippen molar-refractivity contribution in [3.05, 3.63) is 68.6 Å². The zero-order valence-electron chi connectivity index (χ0n) is 16.8. The van der Waals surface area contributed by atoms with Gasteiger partial charge in [0.25, 0.3) is 0 Å². The third-order valence-electron chi connectivity index (χ3n) is 5.53. The Balaban J connectivity index is 1.77. The third-order valence-corrected chi connectivity index (χ3v) is 6.81. The maximum absolute atomic E-state index is 13.5. The smallest absolute Gasteiger partial charge is 0.339 e. The lowest BCUT2D eigenvalue weighted by Gasteiger charge is -2.11. The molecule has 6 heteroatoms. The highest BCUT2D eigenvalue weighted by Crippen LogP contribution is 2.38. The largest absolute Gasteiger partial charge is 0.478 e. The van der Waals surface area contributed by atoms with Crippen LogP contribution in [0.5, 0.6) is 0 Å². The van der Waals surface area contributed by atoms with Crippen molar-refractivity contribution in [1.82, 2.24) is 4.57 Å². The minimum Gasteiger partial charge on any atom is -0.478 e. The van der Waals surface area contributed by atoms with Crippen molar-refractivity contribution in [2.24, 2.45) is 4.99 Å². The lowest BCUT2D eigenvalue weighted by molar-refractivity contribution is 0.0696. The molecule has 3 aromatic rings. The van der Waals surface area contributed by atoms with Crippen molar-refractivity contribution in [3.63, 3.8) is 0 Å². The van der Waals surface area contributed by atoms with Gasteiger partial charge in [-0.2, -0.15) is 0 Å². The van der Waals surface area contributed by atoms with Gasteiger partial charge < -0.3 is 9.67 Å². The second kappa shape index (κ2) is 7.59. The zero-order chi connectivity index (χ0) is 20.7. The van der Waals surface area contributed by atoms with Crippen molar-refractivity contribution in [1.29, 1.82) is 0 Å². The number of fused-ring (bicyclic) bond motifs is 1. The van der Waals surface area contributed by atoms with Crippen molar-refractivity contribution in [3.8, 4) is 5.00 Å². The van der Waals surface area contributed by atoms with Gasteiger partial charge in [0.15, 0.2) is 0 Å². The third kappa shape index (κ3) is 3.53. The van der Waals surface area contributed by atoms with E-state index in [0.717, 1.165) is 53.2 Å². The van der Waals surface area contributed by atoms with Gasteiger partial charge in [-0.25, -0.2) is 9.18 Å². The lowest BCUT2D eigenvalue weighted by Crippen LogP contribution is -2.09. The second-order valence-corrected chi connectivity index (χ2v) is 8.63. The number of aliphatic imine (C=N–C) groups is 1. The fourth-order valence-corrected chi connectivity index (χ4v) is 5.51. The number of nitrogens with zero attached hydrogens (tertiary/aromatic N) is 2. The molecule has 0 amide bonds. The monoisotopic (exact) mass is 410 g/mol. The van der Waals surface area contributed by atoms with Gasteiger partial charge in [-0.3, -0.25) is 4.99 Å².